The van der Waals surface area contributed by atoms with Gasteiger partial charge in [0.25, 0.3) is 0 Å². The van der Waals surface area contributed by atoms with Crippen molar-refractivity contribution in [3.05, 3.63) is 53.9 Å². The zero-order valence-electron chi connectivity index (χ0n) is 11.6. The Kier molecular flexibility index (Phi) is 5.03. The topological polar surface area (TPSA) is 59.0 Å². The van der Waals surface area contributed by atoms with Crippen LogP contribution >= 0.6 is 0 Å². The SMILES string of the molecule is O=C(NCc1ccccc1Cn1cccn1)NCC(F)(F)F. The summed E-state index contributed by atoms with van der Waals surface area (Å²) in [6, 6.07) is 8.29. The molecule has 2 aromatic rings. The average molecular weight is 312 g/mol. The molecule has 0 radical (unpaired) electrons. The number of hydrogen-bond donors (Lipinski definition) is 2. The lowest BCUT2D eigenvalue weighted by Crippen LogP contribution is -2.40. The van der Waals surface area contributed by atoms with E-state index in [4.69, 9.17) is 0 Å². The third-order valence-corrected chi connectivity index (χ3v) is 2.90. The van der Waals surface area contributed by atoms with Crippen molar-refractivity contribution >= 4 is 6.03 Å². The highest BCUT2D eigenvalue weighted by Crippen LogP contribution is 2.12. The Hall–Kier alpha value is -2.51. The molecule has 0 aliphatic rings. The van der Waals surface area contributed by atoms with Crippen LogP contribution in [0.2, 0.25) is 0 Å². The lowest BCUT2D eigenvalue weighted by molar-refractivity contribution is -0.122. The van der Waals surface area contributed by atoms with Crippen LogP contribution in [0.15, 0.2) is 42.7 Å². The molecule has 0 bridgehead atoms. The summed E-state index contributed by atoms with van der Waals surface area (Å²) in [7, 11) is 0. The highest BCUT2D eigenvalue weighted by atomic mass is 19.4. The maximum atomic E-state index is 12.0. The van der Waals surface area contributed by atoms with Gasteiger partial charge >= 0.3 is 12.2 Å². The van der Waals surface area contributed by atoms with Crippen LogP contribution in [0, 0.1) is 0 Å². The summed E-state index contributed by atoms with van der Waals surface area (Å²) in [5.74, 6) is 0. The summed E-state index contributed by atoms with van der Waals surface area (Å²) in [4.78, 5) is 11.4. The molecule has 1 aromatic heterocycles. The van der Waals surface area contributed by atoms with Crippen molar-refractivity contribution < 1.29 is 18.0 Å². The number of aromatic nitrogens is 2. The standard InChI is InChI=1S/C14H15F3N4O/c15-14(16,17)10-19-13(22)18-8-11-4-1-2-5-12(11)9-21-7-3-6-20-21/h1-7H,8-10H2,(H2,18,19,22). The second-order valence-electron chi connectivity index (χ2n) is 4.62. The van der Waals surface area contributed by atoms with Crippen molar-refractivity contribution in [2.45, 2.75) is 19.3 Å². The third-order valence-electron chi connectivity index (χ3n) is 2.90. The first-order valence-electron chi connectivity index (χ1n) is 6.57. The van der Waals surface area contributed by atoms with Gasteiger partial charge in [-0.25, -0.2) is 4.79 Å². The number of nitrogens with one attached hydrogen (secondary N) is 2. The molecular weight excluding hydrogens is 297 g/mol. The molecule has 2 rings (SSSR count). The summed E-state index contributed by atoms with van der Waals surface area (Å²) in [6.07, 6.45) is -0.957. The highest BCUT2D eigenvalue weighted by Gasteiger charge is 2.27. The normalized spacial score (nSPS) is 11.2. The number of carbonyl (C=O) groups is 1. The molecule has 8 heteroatoms. The quantitative estimate of drug-likeness (QED) is 0.890. The fourth-order valence-corrected chi connectivity index (χ4v) is 1.87. The zero-order chi connectivity index (χ0) is 16.0. The molecule has 0 atom stereocenters. The van der Waals surface area contributed by atoms with Crippen LogP contribution < -0.4 is 10.6 Å². The first kappa shape index (κ1) is 15.9. The van der Waals surface area contributed by atoms with Crippen molar-refractivity contribution in [1.29, 1.82) is 0 Å². The average Bonchev–Trinajstić information content (AvgIpc) is 2.96. The van der Waals surface area contributed by atoms with Crippen molar-refractivity contribution in [3.8, 4) is 0 Å². The van der Waals surface area contributed by atoms with Crippen LogP contribution in [-0.4, -0.2) is 28.5 Å². The lowest BCUT2D eigenvalue weighted by atomic mass is 10.1. The molecule has 1 aromatic carbocycles. The van der Waals surface area contributed by atoms with Gasteiger partial charge in [0.05, 0.1) is 6.54 Å². The number of carbonyl (C=O) groups excluding carboxylic acids is 1. The fourth-order valence-electron chi connectivity index (χ4n) is 1.87. The van der Waals surface area contributed by atoms with Gasteiger partial charge in [-0.15, -0.1) is 0 Å². The van der Waals surface area contributed by atoms with Crippen LogP contribution in [0.4, 0.5) is 18.0 Å². The minimum absolute atomic E-state index is 0.140. The number of benzene rings is 1. The maximum Gasteiger partial charge on any atom is 0.405 e. The second kappa shape index (κ2) is 6.97. The summed E-state index contributed by atoms with van der Waals surface area (Å²) in [6.45, 7) is -0.691. The zero-order valence-corrected chi connectivity index (χ0v) is 11.6. The van der Waals surface area contributed by atoms with Crippen LogP contribution in [0.1, 0.15) is 11.1 Å². The molecule has 0 spiro atoms. The Morgan fingerprint density at radius 2 is 1.86 bits per heavy atom. The molecule has 0 saturated heterocycles. The smallest absolute Gasteiger partial charge is 0.334 e. The van der Waals surface area contributed by atoms with E-state index in [1.165, 1.54) is 0 Å². The van der Waals surface area contributed by atoms with E-state index in [2.05, 4.69) is 10.4 Å². The van der Waals surface area contributed by atoms with E-state index in [1.807, 2.05) is 18.2 Å². The van der Waals surface area contributed by atoms with Crippen molar-refractivity contribution in [3.63, 3.8) is 0 Å². The summed E-state index contributed by atoms with van der Waals surface area (Å²) >= 11 is 0. The molecule has 22 heavy (non-hydrogen) atoms. The lowest BCUT2D eigenvalue weighted by Gasteiger charge is -2.12. The fraction of sp³-hybridized carbons (Fsp3) is 0.286. The van der Waals surface area contributed by atoms with Crippen LogP contribution in [0.25, 0.3) is 0 Å². The number of alkyl halides is 3. The molecule has 5 nitrogen and oxygen atoms in total. The van der Waals surface area contributed by atoms with E-state index in [0.717, 1.165) is 11.1 Å². The predicted octanol–water partition coefficient (Wildman–Crippen LogP) is 2.29. The van der Waals surface area contributed by atoms with Crippen molar-refractivity contribution in [2.75, 3.05) is 6.54 Å². The van der Waals surface area contributed by atoms with Gasteiger partial charge in [-0.2, -0.15) is 18.3 Å². The minimum atomic E-state index is -4.42. The predicted molar refractivity (Wildman–Crippen MR) is 74.1 cm³/mol. The number of urea groups is 1. The van der Waals surface area contributed by atoms with Crippen LogP contribution in [0.5, 0.6) is 0 Å². The number of halogens is 3. The minimum Gasteiger partial charge on any atom is -0.334 e. The molecule has 2 amide bonds. The Morgan fingerprint density at radius 1 is 1.14 bits per heavy atom. The van der Waals surface area contributed by atoms with E-state index in [0.29, 0.717) is 6.54 Å². The Morgan fingerprint density at radius 3 is 2.50 bits per heavy atom. The number of nitrogens with zero attached hydrogens (tertiary/aromatic N) is 2. The van der Waals surface area contributed by atoms with Gasteiger partial charge in [-0.05, 0) is 17.2 Å². The van der Waals surface area contributed by atoms with E-state index < -0.39 is 18.8 Å². The highest BCUT2D eigenvalue weighted by molar-refractivity contribution is 5.73. The van der Waals surface area contributed by atoms with Gasteiger partial charge in [0.1, 0.15) is 6.54 Å². The van der Waals surface area contributed by atoms with Gasteiger partial charge < -0.3 is 10.6 Å². The Balaban J connectivity index is 1.91. The van der Waals surface area contributed by atoms with E-state index >= 15 is 0 Å². The number of amides is 2. The van der Waals surface area contributed by atoms with Crippen molar-refractivity contribution in [2.24, 2.45) is 0 Å². The molecule has 1 heterocycles. The third kappa shape index (κ3) is 5.12. The summed E-state index contributed by atoms with van der Waals surface area (Å²) in [5, 5.41) is 8.27. The van der Waals surface area contributed by atoms with Gasteiger partial charge in [0.15, 0.2) is 0 Å². The van der Waals surface area contributed by atoms with Gasteiger partial charge in [0.2, 0.25) is 0 Å². The first-order valence-corrected chi connectivity index (χ1v) is 6.57. The van der Waals surface area contributed by atoms with E-state index in [1.54, 1.807) is 34.5 Å². The molecule has 0 fully saturated rings. The Labute approximate surface area is 125 Å². The molecular formula is C14H15F3N4O. The van der Waals surface area contributed by atoms with Crippen LogP contribution in [0.3, 0.4) is 0 Å². The summed E-state index contributed by atoms with van der Waals surface area (Å²) in [5.41, 5.74) is 1.75. The maximum absolute atomic E-state index is 12.0. The molecule has 0 unspecified atom stereocenters. The first-order chi connectivity index (χ1) is 10.4. The van der Waals surface area contributed by atoms with E-state index in [-0.39, 0.29) is 6.54 Å². The second-order valence-corrected chi connectivity index (χ2v) is 4.62. The largest absolute Gasteiger partial charge is 0.405 e. The molecule has 118 valence electrons. The van der Waals surface area contributed by atoms with E-state index in [9.17, 15) is 18.0 Å². The monoisotopic (exact) mass is 312 g/mol. The Bertz CT molecular complexity index is 611. The molecule has 0 saturated carbocycles. The summed E-state index contributed by atoms with van der Waals surface area (Å²) < 4.78 is 37.7. The van der Waals surface area contributed by atoms with Gasteiger partial charge in [-0.1, -0.05) is 24.3 Å². The number of rotatable bonds is 5. The number of hydrogen-bond acceptors (Lipinski definition) is 2. The molecule has 2 N–H and O–H groups in total. The van der Waals surface area contributed by atoms with Gasteiger partial charge in [-0.3, -0.25) is 4.68 Å². The van der Waals surface area contributed by atoms with Crippen LogP contribution in [-0.2, 0) is 13.1 Å². The van der Waals surface area contributed by atoms with Crippen molar-refractivity contribution in [1.82, 2.24) is 20.4 Å². The van der Waals surface area contributed by atoms with Gasteiger partial charge in [0, 0.05) is 18.9 Å². The molecule has 0 aliphatic heterocycles. The molecule has 0 aliphatic carbocycles.